The van der Waals surface area contributed by atoms with E-state index in [0.29, 0.717) is 0 Å². The van der Waals surface area contributed by atoms with Gasteiger partial charge in [0.15, 0.2) is 5.78 Å². The fourth-order valence-corrected chi connectivity index (χ4v) is 0.987. The number of Topliss-reactive ketones (excluding diaryl/α,β-unsaturated/α-hetero) is 1. The summed E-state index contributed by atoms with van der Waals surface area (Å²) in [4.78, 5) is 11.0. The Hall–Kier alpha value is -1.07. The van der Waals surface area contributed by atoms with E-state index < -0.39 is 17.5 Å². The maximum Gasteiger partial charge on any atom is 0.416 e. The number of alkyl halides is 3. The van der Waals surface area contributed by atoms with Crippen LogP contribution in [-0.2, 0) is 6.18 Å². The number of carbonyl (C=O) groups is 1. The molecule has 2 N–H and O–H groups in total. The van der Waals surface area contributed by atoms with Crippen LogP contribution in [0.25, 0.3) is 0 Å². The van der Waals surface area contributed by atoms with Crippen molar-refractivity contribution < 1.29 is 18.0 Å². The lowest BCUT2D eigenvalue weighted by molar-refractivity contribution is -0.137. The van der Waals surface area contributed by atoms with Gasteiger partial charge in [-0.1, -0.05) is 12.1 Å². The summed E-state index contributed by atoms with van der Waals surface area (Å²) in [7, 11) is 0. The van der Waals surface area contributed by atoms with E-state index in [1.54, 1.807) is 0 Å². The molecule has 0 saturated heterocycles. The Morgan fingerprint density at radius 2 is 1.93 bits per heavy atom. The molecule has 84 valence electrons. The number of carbonyl (C=O) groups excluding carboxylic acids is 1. The van der Waals surface area contributed by atoms with Crippen LogP contribution in [0.1, 0.15) is 15.9 Å². The molecule has 0 aliphatic heterocycles. The van der Waals surface area contributed by atoms with Gasteiger partial charge in [-0.05, 0) is 12.1 Å². The number of halogens is 4. The minimum absolute atomic E-state index is 0. The summed E-state index contributed by atoms with van der Waals surface area (Å²) < 4.78 is 36.6. The third kappa shape index (κ3) is 3.53. The van der Waals surface area contributed by atoms with E-state index >= 15 is 0 Å². The van der Waals surface area contributed by atoms with E-state index in [-0.39, 0.29) is 24.5 Å². The van der Waals surface area contributed by atoms with Crippen molar-refractivity contribution in [1.29, 1.82) is 0 Å². The van der Waals surface area contributed by atoms with E-state index in [1.165, 1.54) is 12.1 Å². The molecule has 2 nitrogen and oxygen atoms in total. The highest BCUT2D eigenvalue weighted by Crippen LogP contribution is 2.29. The first-order chi connectivity index (χ1) is 6.45. The molecule has 0 spiro atoms. The number of benzene rings is 1. The van der Waals surface area contributed by atoms with Gasteiger partial charge in [0, 0.05) is 5.56 Å². The lowest BCUT2D eigenvalue weighted by Crippen LogP contribution is -2.14. The molecule has 0 unspecified atom stereocenters. The van der Waals surface area contributed by atoms with Crippen molar-refractivity contribution in [2.75, 3.05) is 6.54 Å². The Kier molecular flexibility index (Phi) is 4.77. The second-order valence-corrected chi connectivity index (χ2v) is 2.71. The Bertz CT molecular complexity index is 351. The fraction of sp³-hybridized carbons (Fsp3) is 0.222. The van der Waals surface area contributed by atoms with Crippen molar-refractivity contribution in [3.8, 4) is 0 Å². The van der Waals surface area contributed by atoms with E-state index in [0.717, 1.165) is 12.1 Å². The first kappa shape index (κ1) is 13.9. The summed E-state index contributed by atoms with van der Waals surface area (Å²) in [6.07, 6.45) is -4.43. The first-order valence-corrected chi connectivity index (χ1v) is 3.85. The minimum atomic E-state index is -4.43. The third-order valence-electron chi connectivity index (χ3n) is 1.70. The lowest BCUT2D eigenvalue weighted by atomic mass is 10.1. The van der Waals surface area contributed by atoms with Gasteiger partial charge in [-0.2, -0.15) is 13.2 Å². The van der Waals surface area contributed by atoms with Crippen LogP contribution in [0, 0.1) is 0 Å². The zero-order valence-corrected chi connectivity index (χ0v) is 8.36. The lowest BCUT2D eigenvalue weighted by Gasteiger charge is -2.07. The van der Waals surface area contributed by atoms with E-state index in [1.807, 2.05) is 0 Å². The number of rotatable bonds is 2. The van der Waals surface area contributed by atoms with Gasteiger partial charge in [-0.3, -0.25) is 4.79 Å². The summed E-state index contributed by atoms with van der Waals surface area (Å²) >= 11 is 0. The SMILES string of the molecule is Cl.NCC(=O)c1cccc(C(F)(F)F)c1. The molecular weight excluding hydrogens is 231 g/mol. The fourth-order valence-electron chi connectivity index (χ4n) is 0.987. The minimum Gasteiger partial charge on any atom is -0.324 e. The summed E-state index contributed by atoms with van der Waals surface area (Å²) in [5.74, 6) is -0.504. The van der Waals surface area contributed by atoms with Crippen LogP contribution in [0.4, 0.5) is 13.2 Å². The summed E-state index contributed by atoms with van der Waals surface area (Å²) in [5, 5.41) is 0. The Balaban J connectivity index is 0.00000196. The molecule has 0 radical (unpaired) electrons. The van der Waals surface area contributed by atoms with Gasteiger partial charge in [0.05, 0.1) is 12.1 Å². The quantitative estimate of drug-likeness (QED) is 0.805. The average Bonchev–Trinajstić information content (AvgIpc) is 2.15. The molecule has 0 amide bonds. The molecule has 1 rings (SSSR count). The van der Waals surface area contributed by atoms with Crippen molar-refractivity contribution in [3.63, 3.8) is 0 Å². The monoisotopic (exact) mass is 239 g/mol. The molecule has 6 heteroatoms. The largest absolute Gasteiger partial charge is 0.416 e. The average molecular weight is 240 g/mol. The van der Waals surface area contributed by atoms with E-state index in [4.69, 9.17) is 5.73 Å². The van der Waals surface area contributed by atoms with Gasteiger partial charge in [-0.15, -0.1) is 12.4 Å². The maximum atomic E-state index is 12.2. The number of nitrogens with two attached hydrogens (primary N) is 1. The molecule has 0 atom stereocenters. The van der Waals surface area contributed by atoms with Gasteiger partial charge in [0.1, 0.15) is 0 Å². The zero-order chi connectivity index (χ0) is 10.8. The van der Waals surface area contributed by atoms with Crippen molar-refractivity contribution in [2.24, 2.45) is 5.73 Å². The molecule has 0 bridgehead atoms. The Morgan fingerprint density at radius 3 is 2.40 bits per heavy atom. The van der Waals surface area contributed by atoms with Crippen LogP contribution in [0.5, 0.6) is 0 Å². The van der Waals surface area contributed by atoms with Crippen molar-refractivity contribution in [1.82, 2.24) is 0 Å². The smallest absolute Gasteiger partial charge is 0.324 e. The molecule has 0 aliphatic carbocycles. The highest BCUT2D eigenvalue weighted by molar-refractivity contribution is 5.97. The normalized spacial score (nSPS) is 10.7. The van der Waals surface area contributed by atoms with Crippen LogP contribution in [0.15, 0.2) is 24.3 Å². The number of hydrogen-bond acceptors (Lipinski definition) is 2. The maximum absolute atomic E-state index is 12.2. The van der Waals surface area contributed by atoms with E-state index in [9.17, 15) is 18.0 Å². The molecule has 1 aromatic carbocycles. The molecule has 0 fully saturated rings. The molecule has 15 heavy (non-hydrogen) atoms. The summed E-state index contributed by atoms with van der Waals surface area (Å²) in [6.45, 7) is -0.290. The van der Waals surface area contributed by atoms with Crippen molar-refractivity contribution >= 4 is 18.2 Å². The predicted molar refractivity (Wildman–Crippen MR) is 52.1 cm³/mol. The van der Waals surface area contributed by atoms with E-state index in [2.05, 4.69) is 0 Å². The summed E-state index contributed by atoms with van der Waals surface area (Å²) in [6, 6.07) is 4.21. The second-order valence-electron chi connectivity index (χ2n) is 2.71. The highest BCUT2D eigenvalue weighted by atomic mass is 35.5. The molecular formula is C9H9ClF3NO. The molecule has 0 aliphatic rings. The van der Waals surface area contributed by atoms with Crippen molar-refractivity contribution in [3.05, 3.63) is 35.4 Å². The second kappa shape index (κ2) is 5.14. The summed E-state index contributed by atoms with van der Waals surface area (Å²) in [5.41, 5.74) is 4.18. The van der Waals surface area contributed by atoms with Crippen LogP contribution in [-0.4, -0.2) is 12.3 Å². The number of ketones is 1. The van der Waals surface area contributed by atoms with Gasteiger partial charge in [-0.25, -0.2) is 0 Å². The van der Waals surface area contributed by atoms with Gasteiger partial charge >= 0.3 is 6.18 Å². The molecule has 0 saturated carbocycles. The topological polar surface area (TPSA) is 43.1 Å². The zero-order valence-electron chi connectivity index (χ0n) is 7.54. The van der Waals surface area contributed by atoms with Crippen LogP contribution < -0.4 is 5.73 Å². The predicted octanol–water partition coefficient (Wildman–Crippen LogP) is 2.27. The standard InChI is InChI=1S/C9H8F3NO.ClH/c10-9(11,12)7-3-1-2-6(4-7)8(14)5-13;/h1-4H,5,13H2;1H. The van der Waals surface area contributed by atoms with Gasteiger partial charge < -0.3 is 5.73 Å². The Labute approximate surface area is 90.7 Å². The molecule has 0 aromatic heterocycles. The highest BCUT2D eigenvalue weighted by Gasteiger charge is 2.30. The first-order valence-electron chi connectivity index (χ1n) is 3.85. The van der Waals surface area contributed by atoms with Crippen LogP contribution >= 0.6 is 12.4 Å². The van der Waals surface area contributed by atoms with Crippen molar-refractivity contribution in [2.45, 2.75) is 6.18 Å². The third-order valence-corrected chi connectivity index (χ3v) is 1.70. The number of hydrogen-bond donors (Lipinski definition) is 1. The van der Waals surface area contributed by atoms with Gasteiger partial charge in [0.2, 0.25) is 0 Å². The molecule has 0 heterocycles. The van der Waals surface area contributed by atoms with Crippen LogP contribution in [0.2, 0.25) is 0 Å². The van der Waals surface area contributed by atoms with Gasteiger partial charge in [0.25, 0.3) is 0 Å². The Morgan fingerprint density at radius 1 is 1.33 bits per heavy atom. The molecule has 1 aromatic rings. The van der Waals surface area contributed by atoms with Crippen LogP contribution in [0.3, 0.4) is 0 Å².